The smallest absolute Gasteiger partial charge is 0.323 e. The van der Waals surface area contributed by atoms with E-state index in [2.05, 4.69) is 0 Å². The molecule has 0 aromatic heterocycles. The third-order valence-electron chi connectivity index (χ3n) is 1.63. The zero-order valence-corrected chi connectivity index (χ0v) is 10.0. The van der Waals surface area contributed by atoms with Crippen LogP contribution in [0.1, 0.15) is 33.6 Å². The lowest BCUT2D eigenvalue weighted by Crippen LogP contribution is -2.36. The number of hydrogen-bond acceptors (Lipinski definition) is 6. The SMILES string of the molecule is CC(C)(C)C(OC(=O)CC#N)OC(=O)CC#N. The molecule has 0 aliphatic carbocycles. The Labute approximate surface area is 99.7 Å². The Morgan fingerprint density at radius 2 is 1.41 bits per heavy atom. The third-order valence-corrected chi connectivity index (χ3v) is 1.63. The van der Waals surface area contributed by atoms with Crippen molar-refractivity contribution in [3.8, 4) is 12.1 Å². The molecular weight excluding hydrogens is 224 g/mol. The highest BCUT2D eigenvalue weighted by Crippen LogP contribution is 2.24. The van der Waals surface area contributed by atoms with Crippen LogP contribution in [0.15, 0.2) is 0 Å². The van der Waals surface area contributed by atoms with Gasteiger partial charge in [-0.1, -0.05) is 20.8 Å². The molecule has 0 unspecified atom stereocenters. The van der Waals surface area contributed by atoms with Crippen LogP contribution in [0, 0.1) is 28.1 Å². The summed E-state index contributed by atoms with van der Waals surface area (Å²) in [7, 11) is 0. The van der Waals surface area contributed by atoms with E-state index in [9.17, 15) is 9.59 Å². The van der Waals surface area contributed by atoms with Crippen molar-refractivity contribution in [3.05, 3.63) is 0 Å². The number of nitrogens with zero attached hydrogens (tertiary/aromatic N) is 2. The van der Waals surface area contributed by atoms with Crippen LogP contribution in [0.3, 0.4) is 0 Å². The lowest BCUT2D eigenvalue weighted by Gasteiger charge is -2.28. The van der Waals surface area contributed by atoms with E-state index in [0.717, 1.165) is 0 Å². The van der Waals surface area contributed by atoms with Gasteiger partial charge in [0.2, 0.25) is 0 Å². The van der Waals surface area contributed by atoms with Crippen molar-refractivity contribution in [2.24, 2.45) is 5.41 Å². The van der Waals surface area contributed by atoms with Gasteiger partial charge in [0.1, 0.15) is 12.8 Å². The van der Waals surface area contributed by atoms with Crippen LogP contribution in [0.25, 0.3) is 0 Å². The molecule has 17 heavy (non-hydrogen) atoms. The molecule has 0 bridgehead atoms. The van der Waals surface area contributed by atoms with Crippen LogP contribution in [0.4, 0.5) is 0 Å². The highest BCUT2D eigenvalue weighted by Gasteiger charge is 2.31. The Morgan fingerprint density at radius 1 is 1.06 bits per heavy atom. The van der Waals surface area contributed by atoms with Crippen molar-refractivity contribution in [1.29, 1.82) is 10.5 Å². The van der Waals surface area contributed by atoms with Gasteiger partial charge in [0, 0.05) is 5.41 Å². The van der Waals surface area contributed by atoms with Gasteiger partial charge in [-0.15, -0.1) is 0 Å². The molecule has 0 aliphatic rings. The second kappa shape index (κ2) is 6.49. The predicted octanol–water partition coefficient (Wildman–Crippen LogP) is 1.27. The maximum Gasteiger partial charge on any atom is 0.323 e. The fourth-order valence-electron chi connectivity index (χ4n) is 0.829. The van der Waals surface area contributed by atoms with Gasteiger partial charge in [0.15, 0.2) is 0 Å². The van der Waals surface area contributed by atoms with Gasteiger partial charge < -0.3 is 9.47 Å². The fourth-order valence-corrected chi connectivity index (χ4v) is 0.829. The Balaban J connectivity index is 4.58. The summed E-state index contributed by atoms with van der Waals surface area (Å²) in [5, 5.41) is 16.6. The largest absolute Gasteiger partial charge is 0.424 e. The van der Waals surface area contributed by atoms with Crippen LogP contribution < -0.4 is 0 Å². The monoisotopic (exact) mass is 238 g/mol. The van der Waals surface area contributed by atoms with Gasteiger partial charge in [-0.25, -0.2) is 0 Å². The Bertz CT molecular complexity index is 340. The van der Waals surface area contributed by atoms with Crippen LogP contribution in [-0.4, -0.2) is 18.2 Å². The summed E-state index contributed by atoms with van der Waals surface area (Å²) in [6.45, 7) is 5.12. The standard InChI is InChI=1S/C11H14N2O4/c1-11(2,3)10(16-8(14)4-6-12)17-9(15)5-7-13/h10H,4-5H2,1-3H3. The molecule has 0 aromatic carbocycles. The maximum absolute atomic E-state index is 11.1. The Hall–Kier alpha value is -2.08. The summed E-state index contributed by atoms with van der Waals surface area (Å²) in [5.41, 5.74) is -0.629. The number of carbonyl (C=O) groups excluding carboxylic acids is 2. The topological polar surface area (TPSA) is 100 Å². The van der Waals surface area contributed by atoms with Crippen molar-refractivity contribution >= 4 is 11.9 Å². The van der Waals surface area contributed by atoms with Crippen molar-refractivity contribution in [1.82, 2.24) is 0 Å². The number of ether oxygens (including phenoxy) is 2. The van der Waals surface area contributed by atoms with Gasteiger partial charge in [0.05, 0.1) is 12.1 Å². The first-order chi connectivity index (χ1) is 7.81. The average Bonchev–Trinajstić information content (AvgIpc) is 2.16. The predicted molar refractivity (Wildman–Crippen MR) is 55.9 cm³/mol. The minimum atomic E-state index is -1.11. The Morgan fingerprint density at radius 3 is 1.65 bits per heavy atom. The number of rotatable bonds is 4. The van der Waals surface area contributed by atoms with Gasteiger partial charge >= 0.3 is 11.9 Å². The zero-order chi connectivity index (χ0) is 13.5. The highest BCUT2D eigenvalue weighted by molar-refractivity contribution is 5.73. The van der Waals surface area contributed by atoms with E-state index in [1.807, 2.05) is 0 Å². The first-order valence-corrected chi connectivity index (χ1v) is 4.94. The van der Waals surface area contributed by atoms with E-state index in [1.165, 1.54) is 0 Å². The summed E-state index contributed by atoms with van der Waals surface area (Å²) < 4.78 is 9.72. The van der Waals surface area contributed by atoms with Crippen LogP contribution >= 0.6 is 0 Å². The molecule has 6 heteroatoms. The van der Waals surface area contributed by atoms with Gasteiger partial charge in [-0.3, -0.25) is 9.59 Å². The van der Waals surface area contributed by atoms with Crippen molar-refractivity contribution < 1.29 is 19.1 Å². The molecule has 0 saturated carbocycles. The van der Waals surface area contributed by atoms with Gasteiger partial charge in [0.25, 0.3) is 6.29 Å². The van der Waals surface area contributed by atoms with Gasteiger partial charge in [-0.05, 0) is 0 Å². The molecule has 0 aromatic rings. The molecule has 0 saturated heterocycles. The Kier molecular flexibility index (Phi) is 5.70. The van der Waals surface area contributed by atoms with Gasteiger partial charge in [-0.2, -0.15) is 10.5 Å². The summed E-state index contributed by atoms with van der Waals surface area (Å²) in [6, 6.07) is 3.27. The molecule has 0 spiro atoms. The lowest BCUT2D eigenvalue weighted by atomic mass is 9.96. The third kappa shape index (κ3) is 6.16. The van der Waals surface area contributed by atoms with Crippen molar-refractivity contribution in [2.45, 2.75) is 39.9 Å². The highest BCUT2D eigenvalue weighted by atomic mass is 16.7. The molecular formula is C11H14N2O4. The van der Waals surface area contributed by atoms with Crippen molar-refractivity contribution in [3.63, 3.8) is 0 Å². The molecule has 0 aliphatic heterocycles. The summed E-state index contributed by atoms with van der Waals surface area (Å²) in [5.74, 6) is -1.53. The lowest BCUT2D eigenvalue weighted by molar-refractivity contribution is -0.206. The average molecular weight is 238 g/mol. The van der Waals surface area contributed by atoms with Crippen LogP contribution in [0.2, 0.25) is 0 Å². The van der Waals surface area contributed by atoms with E-state index >= 15 is 0 Å². The fraction of sp³-hybridized carbons (Fsp3) is 0.636. The minimum Gasteiger partial charge on any atom is -0.424 e. The van der Waals surface area contributed by atoms with E-state index < -0.39 is 36.5 Å². The van der Waals surface area contributed by atoms with E-state index in [-0.39, 0.29) is 0 Å². The maximum atomic E-state index is 11.1. The van der Waals surface area contributed by atoms with E-state index in [4.69, 9.17) is 20.0 Å². The molecule has 0 amide bonds. The number of nitriles is 2. The van der Waals surface area contributed by atoms with Crippen LogP contribution in [-0.2, 0) is 19.1 Å². The zero-order valence-electron chi connectivity index (χ0n) is 10.0. The van der Waals surface area contributed by atoms with Crippen LogP contribution in [0.5, 0.6) is 0 Å². The number of esters is 2. The normalized spacial score (nSPS) is 10.2. The molecule has 0 radical (unpaired) electrons. The first-order valence-electron chi connectivity index (χ1n) is 4.94. The second-order valence-electron chi connectivity index (χ2n) is 4.35. The van der Waals surface area contributed by atoms with E-state index in [1.54, 1.807) is 32.9 Å². The summed E-state index contributed by atoms with van der Waals surface area (Å²) in [6.07, 6.45) is -1.94. The molecule has 92 valence electrons. The molecule has 0 atom stereocenters. The van der Waals surface area contributed by atoms with E-state index in [0.29, 0.717) is 0 Å². The second-order valence-corrected chi connectivity index (χ2v) is 4.35. The minimum absolute atomic E-state index is 0.414. The molecule has 0 rings (SSSR count). The number of carbonyl (C=O) groups is 2. The summed E-state index contributed by atoms with van der Waals surface area (Å²) in [4.78, 5) is 22.3. The molecule has 0 N–H and O–H groups in total. The number of hydrogen-bond donors (Lipinski definition) is 0. The van der Waals surface area contributed by atoms with Crippen molar-refractivity contribution in [2.75, 3.05) is 0 Å². The first kappa shape index (κ1) is 14.9. The molecule has 0 fully saturated rings. The quantitative estimate of drug-likeness (QED) is 0.540. The molecule has 0 heterocycles. The molecule has 6 nitrogen and oxygen atoms in total. The summed E-state index contributed by atoms with van der Waals surface area (Å²) >= 11 is 0.